The Kier molecular flexibility index (Phi) is 5.51. The van der Waals surface area contributed by atoms with Crippen LogP contribution in [0.25, 0.3) is 0 Å². The molecule has 2 heteroatoms. The third-order valence-corrected chi connectivity index (χ3v) is 5.65. The van der Waals surface area contributed by atoms with Crippen LogP contribution in [-0.2, 0) is 9.53 Å². The Morgan fingerprint density at radius 2 is 1.52 bits per heavy atom. The van der Waals surface area contributed by atoms with Crippen molar-refractivity contribution in [1.29, 1.82) is 0 Å². The molecule has 0 atom stereocenters. The molecule has 0 aliphatic heterocycles. The van der Waals surface area contributed by atoms with Crippen molar-refractivity contribution in [3.8, 4) is 0 Å². The Hall–Kier alpha value is -0.790. The Labute approximate surface area is 130 Å². The van der Waals surface area contributed by atoms with Gasteiger partial charge in [-0.05, 0) is 64.2 Å². The van der Waals surface area contributed by atoms with Crippen LogP contribution in [0.1, 0.15) is 91.4 Å². The SMILES string of the molecule is CCC1(C=C(C)C(=O)OC2(C)CCCCC2)CCCCC1. The van der Waals surface area contributed by atoms with Gasteiger partial charge in [-0.2, -0.15) is 0 Å². The van der Waals surface area contributed by atoms with Crippen LogP contribution in [0, 0.1) is 5.41 Å². The standard InChI is InChI=1S/C19H32O2/c1-4-19(13-9-6-10-14-19)15-16(2)17(20)21-18(3)11-7-5-8-12-18/h15H,4-14H2,1-3H3. The van der Waals surface area contributed by atoms with Crippen molar-refractivity contribution in [2.45, 2.75) is 97.0 Å². The number of carbonyl (C=O) groups excluding carboxylic acids is 1. The molecule has 0 aromatic heterocycles. The van der Waals surface area contributed by atoms with Crippen molar-refractivity contribution in [2.24, 2.45) is 5.41 Å². The summed E-state index contributed by atoms with van der Waals surface area (Å²) in [6.45, 7) is 6.30. The Bertz CT molecular complexity index is 382. The summed E-state index contributed by atoms with van der Waals surface area (Å²) in [5, 5.41) is 0. The lowest BCUT2D eigenvalue weighted by Gasteiger charge is -2.35. The molecule has 0 radical (unpaired) electrons. The number of hydrogen-bond donors (Lipinski definition) is 0. The van der Waals surface area contributed by atoms with Gasteiger partial charge < -0.3 is 4.74 Å². The first-order valence-electron chi connectivity index (χ1n) is 8.91. The van der Waals surface area contributed by atoms with E-state index in [1.165, 1.54) is 51.4 Å². The molecule has 0 unspecified atom stereocenters. The van der Waals surface area contributed by atoms with Crippen LogP contribution < -0.4 is 0 Å². The molecule has 2 saturated carbocycles. The maximum atomic E-state index is 12.5. The average Bonchev–Trinajstić information content (AvgIpc) is 2.48. The normalized spacial score (nSPS) is 25.4. The quantitative estimate of drug-likeness (QED) is 0.501. The number of ether oxygens (including phenoxy) is 1. The van der Waals surface area contributed by atoms with Gasteiger partial charge in [0.15, 0.2) is 0 Å². The highest BCUT2D eigenvalue weighted by molar-refractivity contribution is 5.88. The third-order valence-electron chi connectivity index (χ3n) is 5.65. The molecule has 2 aliphatic carbocycles. The summed E-state index contributed by atoms with van der Waals surface area (Å²) in [7, 11) is 0. The molecule has 0 saturated heterocycles. The monoisotopic (exact) mass is 292 g/mol. The zero-order valence-electron chi connectivity index (χ0n) is 14.2. The fourth-order valence-electron chi connectivity index (χ4n) is 4.08. The van der Waals surface area contributed by atoms with Crippen molar-refractivity contribution in [3.63, 3.8) is 0 Å². The highest BCUT2D eigenvalue weighted by atomic mass is 16.6. The Morgan fingerprint density at radius 3 is 2.05 bits per heavy atom. The molecule has 120 valence electrons. The minimum Gasteiger partial charge on any atom is -0.456 e. The topological polar surface area (TPSA) is 26.3 Å². The summed E-state index contributed by atoms with van der Waals surface area (Å²) < 4.78 is 5.86. The zero-order chi connectivity index (χ0) is 15.3. The van der Waals surface area contributed by atoms with E-state index in [4.69, 9.17) is 4.74 Å². The van der Waals surface area contributed by atoms with Gasteiger partial charge in [0, 0.05) is 5.57 Å². The van der Waals surface area contributed by atoms with E-state index in [9.17, 15) is 4.79 Å². The van der Waals surface area contributed by atoms with Crippen molar-refractivity contribution in [2.75, 3.05) is 0 Å². The summed E-state index contributed by atoms with van der Waals surface area (Å²) >= 11 is 0. The molecule has 0 amide bonds. The van der Waals surface area contributed by atoms with E-state index in [1.807, 2.05) is 6.92 Å². The molecule has 2 fully saturated rings. The summed E-state index contributed by atoms with van der Waals surface area (Å²) in [4.78, 5) is 12.5. The molecular formula is C19H32O2. The van der Waals surface area contributed by atoms with Gasteiger partial charge in [0.2, 0.25) is 0 Å². The Morgan fingerprint density at radius 1 is 1.00 bits per heavy atom. The van der Waals surface area contributed by atoms with E-state index in [0.717, 1.165) is 24.8 Å². The largest absolute Gasteiger partial charge is 0.456 e. The number of esters is 1. The van der Waals surface area contributed by atoms with Gasteiger partial charge in [0.25, 0.3) is 0 Å². The molecule has 0 spiro atoms. The molecular weight excluding hydrogens is 260 g/mol. The zero-order valence-corrected chi connectivity index (χ0v) is 14.2. The summed E-state index contributed by atoms with van der Waals surface area (Å²) in [5.74, 6) is -0.0854. The number of carbonyl (C=O) groups is 1. The molecule has 0 aromatic carbocycles. The van der Waals surface area contributed by atoms with Gasteiger partial charge in [0.1, 0.15) is 5.60 Å². The number of rotatable bonds is 4. The third kappa shape index (κ3) is 4.34. The maximum absolute atomic E-state index is 12.5. The maximum Gasteiger partial charge on any atom is 0.333 e. The lowest BCUT2D eigenvalue weighted by molar-refractivity contribution is -0.156. The predicted octanol–water partition coefficient (Wildman–Crippen LogP) is 5.56. The van der Waals surface area contributed by atoms with Crippen LogP contribution in [0.2, 0.25) is 0 Å². The summed E-state index contributed by atoms with van der Waals surface area (Å²) in [6, 6.07) is 0. The number of allylic oxidation sites excluding steroid dienone is 1. The minimum absolute atomic E-state index is 0.0854. The van der Waals surface area contributed by atoms with Gasteiger partial charge in [-0.3, -0.25) is 0 Å². The van der Waals surface area contributed by atoms with Crippen molar-refractivity contribution < 1.29 is 9.53 Å². The fourth-order valence-corrected chi connectivity index (χ4v) is 4.08. The minimum atomic E-state index is -0.226. The van der Waals surface area contributed by atoms with Gasteiger partial charge in [-0.1, -0.05) is 38.7 Å². The second kappa shape index (κ2) is 6.98. The highest BCUT2D eigenvalue weighted by Gasteiger charge is 2.33. The van der Waals surface area contributed by atoms with Crippen LogP contribution >= 0.6 is 0 Å². The van der Waals surface area contributed by atoms with Crippen molar-refractivity contribution in [1.82, 2.24) is 0 Å². The molecule has 21 heavy (non-hydrogen) atoms. The smallest absolute Gasteiger partial charge is 0.333 e. The average molecular weight is 292 g/mol. The summed E-state index contributed by atoms with van der Waals surface area (Å²) in [5.41, 5.74) is 0.844. The molecule has 2 nitrogen and oxygen atoms in total. The van der Waals surface area contributed by atoms with Crippen LogP contribution in [0.5, 0.6) is 0 Å². The predicted molar refractivity (Wildman–Crippen MR) is 87.1 cm³/mol. The van der Waals surface area contributed by atoms with Crippen LogP contribution in [0.15, 0.2) is 11.6 Å². The highest BCUT2D eigenvalue weighted by Crippen LogP contribution is 2.41. The molecule has 0 N–H and O–H groups in total. The van der Waals surface area contributed by atoms with Crippen LogP contribution in [-0.4, -0.2) is 11.6 Å². The lowest BCUT2D eigenvalue weighted by atomic mass is 9.71. The van der Waals surface area contributed by atoms with Gasteiger partial charge in [-0.15, -0.1) is 0 Å². The first-order valence-corrected chi connectivity index (χ1v) is 8.91. The van der Waals surface area contributed by atoms with Crippen molar-refractivity contribution in [3.05, 3.63) is 11.6 Å². The second-order valence-electron chi connectivity index (χ2n) is 7.50. The van der Waals surface area contributed by atoms with E-state index in [2.05, 4.69) is 19.9 Å². The van der Waals surface area contributed by atoms with Crippen molar-refractivity contribution >= 4 is 5.97 Å². The molecule has 2 rings (SSSR count). The fraction of sp³-hybridized carbons (Fsp3) is 0.842. The first kappa shape index (κ1) is 16.6. The van der Waals surface area contributed by atoms with Crippen LogP contribution in [0.3, 0.4) is 0 Å². The van der Waals surface area contributed by atoms with Crippen LogP contribution in [0.4, 0.5) is 0 Å². The molecule has 2 aliphatic rings. The van der Waals surface area contributed by atoms with E-state index in [0.29, 0.717) is 0 Å². The lowest BCUT2D eigenvalue weighted by Crippen LogP contribution is -2.34. The second-order valence-corrected chi connectivity index (χ2v) is 7.50. The van der Waals surface area contributed by atoms with Gasteiger partial charge in [-0.25, -0.2) is 4.79 Å². The van der Waals surface area contributed by atoms with E-state index >= 15 is 0 Å². The molecule has 0 aromatic rings. The van der Waals surface area contributed by atoms with E-state index in [-0.39, 0.29) is 17.0 Å². The molecule has 0 bridgehead atoms. The molecule has 0 heterocycles. The van der Waals surface area contributed by atoms with Gasteiger partial charge in [0.05, 0.1) is 0 Å². The van der Waals surface area contributed by atoms with Gasteiger partial charge >= 0.3 is 5.97 Å². The Balaban J connectivity index is 2.01. The number of hydrogen-bond acceptors (Lipinski definition) is 2. The summed E-state index contributed by atoms with van der Waals surface area (Å²) in [6.07, 6.45) is 15.5. The van der Waals surface area contributed by atoms with E-state index in [1.54, 1.807) is 0 Å². The first-order chi connectivity index (χ1) is 9.99. The van der Waals surface area contributed by atoms with E-state index < -0.39 is 0 Å².